The van der Waals surface area contributed by atoms with Crippen molar-refractivity contribution < 1.29 is 22.6 Å². The number of halogens is 3. The first-order valence-corrected chi connectivity index (χ1v) is 8.26. The van der Waals surface area contributed by atoms with E-state index in [1.54, 1.807) is 19.5 Å². The Kier molecular flexibility index (Phi) is 5.78. The molecule has 2 aromatic heterocycles. The molecule has 0 bridgehead atoms. The van der Waals surface area contributed by atoms with Crippen molar-refractivity contribution >= 4 is 11.6 Å². The second-order valence-corrected chi connectivity index (χ2v) is 5.91. The average Bonchev–Trinajstić information content (AvgIpc) is 3.07. The van der Waals surface area contributed by atoms with Crippen LogP contribution in [0, 0.1) is 6.92 Å². The number of ether oxygens (including phenoxy) is 2. The molecule has 1 N–H and O–H groups in total. The molecule has 28 heavy (non-hydrogen) atoms. The molecule has 1 aromatic carbocycles. The van der Waals surface area contributed by atoms with Gasteiger partial charge in [0.15, 0.2) is 0 Å². The number of rotatable bonds is 7. The minimum Gasteiger partial charge on any atom is -0.494 e. The lowest BCUT2D eigenvalue weighted by molar-refractivity contribution is -0.176. The van der Waals surface area contributed by atoms with Gasteiger partial charge in [0.05, 0.1) is 37.1 Å². The van der Waals surface area contributed by atoms with Gasteiger partial charge in [0.2, 0.25) is 5.95 Å². The van der Waals surface area contributed by atoms with Crippen LogP contribution in [-0.4, -0.2) is 39.4 Å². The second kappa shape index (κ2) is 8.26. The third-order valence-corrected chi connectivity index (χ3v) is 3.65. The van der Waals surface area contributed by atoms with E-state index in [0.717, 1.165) is 11.4 Å². The summed E-state index contributed by atoms with van der Waals surface area (Å²) in [5, 5.41) is 3.00. The summed E-state index contributed by atoms with van der Waals surface area (Å²) in [7, 11) is 1.56. The minimum atomic E-state index is -4.37. The van der Waals surface area contributed by atoms with Crippen molar-refractivity contribution in [2.24, 2.45) is 0 Å². The molecule has 3 rings (SSSR count). The lowest BCUT2D eigenvalue weighted by Gasteiger charge is -2.12. The van der Waals surface area contributed by atoms with Crippen molar-refractivity contribution in [2.45, 2.75) is 19.7 Å². The second-order valence-electron chi connectivity index (χ2n) is 5.91. The van der Waals surface area contributed by atoms with E-state index >= 15 is 0 Å². The van der Waals surface area contributed by atoms with Crippen LogP contribution in [0.25, 0.3) is 5.69 Å². The highest BCUT2D eigenvalue weighted by atomic mass is 19.4. The molecule has 0 spiro atoms. The minimum absolute atomic E-state index is 0.237. The van der Waals surface area contributed by atoms with Crippen LogP contribution >= 0.6 is 0 Å². The monoisotopic (exact) mass is 393 g/mol. The van der Waals surface area contributed by atoms with Crippen molar-refractivity contribution in [3.63, 3.8) is 0 Å². The van der Waals surface area contributed by atoms with Crippen LogP contribution in [0.2, 0.25) is 0 Å². The Bertz CT molecular complexity index is 943. The first-order chi connectivity index (χ1) is 13.3. The largest absolute Gasteiger partial charge is 0.494 e. The number of alkyl halides is 3. The Balaban J connectivity index is 1.72. The van der Waals surface area contributed by atoms with Gasteiger partial charge in [-0.3, -0.25) is 0 Å². The molecule has 0 aliphatic rings. The molecule has 10 heteroatoms. The summed E-state index contributed by atoms with van der Waals surface area (Å²) in [6, 6.07) is 6.91. The van der Waals surface area contributed by atoms with E-state index in [1.807, 2.05) is 29.8 Å². The van der Waals surface area contributed by atoms with Gasteiger partial charge in [-0.05, 0) is 25.1 Å². The maximum absolute atomic E-state index is 12.2. The lowest BCUT2D eigenvalue weighted by Crippen LogP contribution is -2.17. The Morgan fingerprint density at radius 2 is 2.00 bits per heavy atom. The smallest absolute Gasteiger partial charge is 0.411 e. The number of aryl methyl sites for hydroxylation is 1. The topological polar surface area (TPSA) is 74.1 Å². The molecule has 0 amide bonds. The molecule has 2 heterocycles. The molecule has 0 aliphatic heterocycles. The predicted octanol–water partition coefficient (Wildman–Crippen LogP) is 3.80. The van der Waals surface area contributed by atoms with E-state index in [1.165, 1.54) is 12.3 Å². The summed E-state index contributed by atoms with van der Waals surface area (Å²) in [5.41, 5.74) is 2.68. The summed E-state index contributed by atoms with van der Waals surface area (Å²) < 4.78 is 48.4. The number of imidazole rings is 1. The number of nitrogens with one attached hydrogen (secondary N) is 1. The summed E-state index contributed by atoms with van der Waals surface area (Å²) in [6.45, 7) is 0.298. The maximum Gasteiger partial charge on any atom is 0.411 e. The number of anilines is 2. The predicted molar refractivity (Wildman–Crippen MR) is 95.9 cm³/mol. The van der Waals surface area contributed by atoms with E-state index < -0.39 is 12.8 Å². The van der Waals surface area contributed by atoms with Gasteiger partial charge in [0, 0.05) is 24.1 Å². The van der Waals surface area contributed by atoms with Crippen LogP contribution in [0.1, 0.15) is 11.4 Å². The summed E-state index contributed by atoms with van der Waals surface area (Å²) in [6.07, 6.45) is 0.633. The van der Waals surface area contributed by atoms with Gasteiger partial charge >= 0.3 is 6.18 Å². The quantitative estimate of drug-likeness (QED) is 0.658. The maximum atomic E-state index is 12.2. The molecule has 0 radical (unpaired) electrons. The van der Waals surface area contributed by atoms with Gasteiger partial charge in [-0.25, -0.2) is 15.0 Å². The molecule has 7 nitrogen and oxygen atoms in total. The number of benzene rings is 1. The van der Waals surface area contributed by atoms with Gasteiger partial charge in [-0.2, -0.15) is 13.2 Å². The fourth-order valence-corrected chi connectivity index (χ4v) is 2.46. The van der Waals surface area contributed by atoms with Crippen LogP contribution < -0.4 is 10.1 Å². The van der Waals surface area contributed by atoms with Gasteiger partial charge in [-0.1, -0.05) is 0 Å². The number of aromatic nitrogens is 4. The van der Waals surface area contributed by atoms with E-state index in [2.05, 4.69) is 25.0 Å². The highest BCUT2D eigenvalue weighted by Gasteiger charge is 2.27. The molecule has 0 unspecified atom stereocenters. The summed E-state index contributed by atoms with van der Waals surface area (Å²) >= 11 is 0. The first kappa shape index (κ1) is 19.6. The Labute approximate surface area is 159 Å². The highest BCUT2D eigenvalue weighted by molar-refractivity contribution is 5.61. The van der Waals surface area contributed by atoms with E-state index in [-0.39, 0.29) is 12.6 Å². The summed E-state index contributed by atoms with van der Waals surface area (Å²) in [5.74, 6) is 0.841. The third kappa shape index (κ3) is 5.19. The molecule has 0 aliphatic carbocycles. The first-order valence-electron chi connectivity index (χ1n) is 8.26. The normalized spacial score (nSPS) is 11.5. The molecular formula is C18H18F3N5O2. The van der Waals surface area contributed by atoms with Gasteiger partial charge in [0.1, 0.15) is 12.4 Å². The van der Waals surface area contributed by atoms with Gasteiger partial charge in [-0.15, -0.1) is 0 Å². The Morgan fingerprint density at radius 3 is 2.68 bits per heavy atom. The van der Waals surface area contributed by atoms with Crippen molar-refractivity contribution in [3.8, 4) is 11.4 Å². The Hall–Kier alpha value is -3.14. The molecule has 0 saturated heterocycles. The molecule has 148 valence electrons. The molecule has 0 saturated carbocycles. The average molecular weight is 393 g/mol. The van der Waals surface area contributed by atoms with Crippen LogP contribution in [0.15, 0.2) is 43.0 Å². The third-order valence-electron chi connectivity index (χ3n) is 3.65. The highest BCUT2D eigenvalue weighted by Crippen LogP contribution is 2.28. The SMILES string of the molecule is COc1cc(Nc2nccc(COCC(F)(F)F)n2)ccc1-n1cnc(C)c1. The number of methoxy groups -OCH3 is 1. The lowest BCUT2D eigenvalue weighted by atomic mass is 10.2. The fraction of sp³-hybridized carbons (Fsp3) is 0.278. The van der Waals surface area contributed by atoms with E-state index in [0.29, 0.717) is 17.1 Å². The van der Waals surface area contributed by atoms with Crippen LogP contribution in [0.3, 0.4) is 0 Å². The van der Waals surface area contributed by atoms with E-state index in [9.17, 15) is 13.2 Å². The zero-order valence-electron chi connectivity index (χ0n) is 15.2. The van der Waals surface area contributed by atoms with Crippen LogP contribution in [0.4, 0.5) is 24.8 Å². The number of nitrogens with zero attached hydrogens (tertiary/aromatic N) is 4. The molecular weight excluding hydrogens is 375 g/mol. The summed E-state index contributed by atoms with van der Waals surface area (Å²) in [4.78, 5) is 12.4. The Morgan fingerprint density at radius 1 is 1.18 bits per heavy atom. The van der Waals surface area contributed by atoms with Gasteiger partial charge in [0.25, 0.3) is 0 Å². The van der Waals surface area contributed by atoms with Crippen LogP contribution in [-0.2, 0) is 11.3 Å². The van der Waals surface area contributed by atoms with Crippen molar-refractivity contribution in [1.82, 2.24) is 19.5 Å². The molecule has 0 fully saturated rings. The van der Waals surface area contributed by atoms with Gasteiger partial charge < -0.3 is 19.4 Å². The van der Waals surface area contributed by atoms with Crippen molar-refractivity contribution in [3.05, 3.63) is 54.4 Å². The zero-order valence-corrected chi connectivity index (χ0v) is 15.2. The van der Waals surface area contributed by atoms with Crippen molar-refractivity contribution in [1.29, 1.82) is 0 Å². The van der Waals surface area contributed by atoms with Crippen LogP contribution in [0.5, 0.6) is 5.75 Å². The van der Waals surface area contributed by atoms with E-state index in [4.69, 9.17) is 4.74 Å². The standard InChI is InChI=1S/C18H18F3N5O2/c1-12-8-26(11-23-12)15-4-3-13(7-16(15)27-2)24-17-22-6-5-14(25-17)9-28-10-18(19,20)21/h3-8,11H,9-10H2,1-2H3,(H,22,24,25). The number of hydrogen-bond acceptors (Lipinski definition) is 6. The molecule has 3 aromatic rings. The fourth-order valence-electron chi connectivity index (χ4n) is 2.46. The molecule has 0 atom stereocenters. The zero-order chi connectivity index (χ0) is 20.1. The number of hydrogen-bond donors (Lipinski definition) is 1. The van der Waals surface area contributed by atoms with Crippen molar-refractivity contribution in [2.75, 3.05) is 19.0 Å².